The maximum absolute atomic E-state index is 8.96. The van der Waals surface area contributed by atoms with Gasteiger partial charge in [0, 0.05) is 13.2 Å². The zero-order valence-corrected chi connectivity index (χ0v) is 6.88. The van der Waals surface area contributed by atoms with Gasteiger partial charge >= 0.3 is 0 Å². The summed E-state index contributed by atoms with van der Waals surface area (Å²) in [5.74, 6) is 1.36. The molecule has 1 aliphatic carbocycles. The van der Waals surface area contributed by atoms with Crippen molar-refractivity contribution in [1.29, 1.82) is 0 Å². The van der Waals surface area contributed by atoms with Gasteiger partial charge in [-0.3, -0.25) is 0 Å². The van der Waals surface area contributed by atoms with E-state index in [4.69, 9.17) is 5.11 Å². The largest absolute Gasteiger partial charge is 0.396 e. The molecule has 1 rings (SSSR count). The number of hydrogen-bond donors (Lipinski definition) is 1. The molecule has 1 unspecified atom stereocenters. The van der Waals surface area contributed by atoms with Crippen LogP contribution in [0.2, 0.25) is 0 Å². The van der Waals surface area contributed by atoms with E-state index in [9.17, 15) is 0 Å². The molecule has 1 fully saturated rings. The third kappa shape index (κ3) is 2.27. The van der Waals surface area contributed by atoms with Crippen LogP contribution >= 0.6 is 0 Å². The lowest BCUT2D eigenvalue weighted by molar-refractivity contribution is 0.176. The fourth-order valence-electron chi connectivity index (χ4n) is 1.39. The molecule has 2 heteroatoms. The number of hydrogen-bond acceptors (Lipinski definition) is 2. The lowest BCUT2D eigenvalue weighted by Crippen LogP contribution is -2.25. The van der Waals surface area contributed by atoms with E-state index in [1.54, 1.807) is 0 Å². The van der Waals surface area contributed by atoms with Crippen molar-refractivity contribution in [1.82, 2.24) is 4.90 Å². The van der Waals surface area contributed by atoms with Crippen LogP contribution in [0.4, 0.5) is 0 Å². The Morgan fingerprint density at radius 2 is 2.10 bits per heavy atom. The van der Waals surface area contributed by atoms with Crippen LogP contribution in [0.5, 0.6) is 0 Å². The van der Waals surface area contributed by atoms with Crippen LogP contribution < -0.4 is 0 Å². The molecule has 60 valence electrons. The van der Waals surface area contributed by atoms with Crippen molar-refractivity contribution in [3.05, 3.63) is 0 Å². The maximum atomic E-state index is 8.96. The van der Waals surface area contributed by atoms with Crippen LogP contribution in [0.25, 0.3) is 0 Å². The summed E-state index contributed by atoms with van der Waals surface area (Å²) >= 11 is 0. The van der Waals surface area contributed by atoms with Gasteiger partial charge in [0.1, 0.15) is 0 Å². The fraction of sp³-hybridized carbons (Fsp3) is 1.00. The summed E-state index contributed by atoms with van der Waals surface area (Å²) in [6, 6.07) is 0. The lowest BCUT2D eigenvalue weighted by atomic mass is 10.1. The Hall–Kier alpha value is -0.0800. The standard InChI is InChI=1S/C8H17NO/c1-9(2)5-8(6-10)7-3-4-7/h7-8,10H,3-6H2,1-2H3. The van der Waals surface area contributed by atoms with Gasteiger partial charge in [-0.15, -0.1) is 0 Å². The topological polar surface area (TPSA) is 23.5 Å². The molecule has 0 amide bonds. The van der Waals surface area contributed by atoms with Gasteiger partial charge in [0.25, 0.3) is 0 Å². The van der Waals surface area contributed by atoms with E-state index in [1.807, 2.05) is 0 Å². The van der Waals surface area contributed by atoms with Gasteiger partial charge in [-0.1, -0.05) is 0 Å². The Balaban J connectivity index is 2.19. The fourth-order valence-corrected chi connectivity index (χ4v) is 1.39. The maximum Gasteiger partial charge on any atom is 0.0474 e. The zero-order chi connectivity index (χ0) is 7.56. The minimum Gasteiger partial charge on any atom is -0.396 e. The van der Waals surface area contributed by atoms with Crippen molar-refractivity contribution < 1.29 is 5.11 Å². The number of aliphatic hydroxyl groups excluding tert-OH is 1. The molecule has 0 aliphatic heterocycles. The second-order valence-electron chi connectivity index (χ2n) is 3.54. The van der Waals surface area contributed by atoms with Crippen LogP contribution in [0, 0.1) is 11.8 Å². The van der Waals surface area contributed by atoms with Gasteiger partial charge in [-0.05, 0) is 38.8 Å². The first-order valence-electron chi connectivity index (χ1n) is 3.99. The summed E-state index contributed by atoms with van der Waals surface area (Å²) in [5.41, 5.74) is 0. The summed E-state index contributed by atoms with van der Waals surface area (Å²) in [5, 5.41) is 8.96. The van der Waals surface area contributed by atoms with Crippen LogP contribution in [-0.2, 0) is 0 Å². The quantitative estimate of drug-likeness (QED) is 0.622. The molecule has 1 atom stereocenters. The minimum atomic E-state index is 0.364. The SMILES string of the molecule is CN(C)CC(CO)C1CC1. The van der Waals surface area contributed by atoms with Crippen LogP contribution in [0.3, 0.4) is 0 Å². The summed E-state index contributed by atoms with van der Waals surface area (Å²) < 4.78 is 0. The highest BCUT2D eigenvalue weighted by molar-refractivity contribution is 4.81. The van der Waals surface area contributed by atoms with E-state index < -0.39 is 0 Å². The molecule has 0 aromatic heterocycles. The molecular weight excluding hydrogens is 126 g/mol. The normalized spacial score (nSPS) is 21.6. The monoisotopic (exact) mass is 143 g/mol. The summed E-state index contributed by atoms with van der Waals surface area (Å²) in [6.07, 6.45) is 2.66. The average Bonchev–Trinajstić information content (AvgIpc) is 2.63. The Labute approximate surface area is 62.8 Å². The van der Waals surface area contributed by atoms with Crippen molar-refractivity contribution in [3.63, 3.8) is 0 Å². The van der Waals surface area contributed by atoms with E-state index in [-0.39, 0.29) is 0 Å². The predicted molar refractivity (Wildman–Crippen MR) is 41.9 cm³/mol. The first-order chi connectivity index (χ1) is 4.74. The molecule has 0 bridgehead atoms. The Bertz CT molecular complexity index is 99.4. The van der Waals surface area contributed by atoms with E-state index >= 15 is 0 Å². The molecule has 0 spiro atoms. The Kier molecular flexibility index (Phi) is 2.69. The van der Waals surface area contributed by atoms with Crippen molar-refractivity contribution in [2.75, 3.05) is 27.2 Å². The molecule has 1 N–H and O–H groups in total. The van der Waals surface area contributed by atoms with Crippen LogP contribution in [0.1, 0.15) is 12.8 Å². The number of nitrogens with zero attached hydrogens (tertiary/aromatic N) is 1. The van der Waals surface area contributed by atoms with E-state index in [2.05, 4.69) is 19.0 Å². The van der Waals surface area contributed by atoms with Gasteiger partial charge in [-0.2, -0.15) is 0 Å². The molecule has 0 saturated heterocycles. The van der Waals surface area contributed by atoms with Crippen molar-refractivity contribution >= 4 is 0 Å². The van der Waals surface area contributed by atoms with Crippen molar-refractivity contribution in [2.24, 2.45) is 11.8 Å². The number of rotatable bonds is 4. The van der Waals surface area contributed by atoms with Gasteiger partial charge in [0.05, 0.1) is 0 Å². The molecule has 0 aromatic carbocycles. The van der Waals surface area contributed by atoms with Gasteiger partial charge in [0.15, 0.2) is 0 Å². The summed E-state index contributed by atoms with van der Waals surface area (Å²) in [6.45, 7) is 1.41. The highest BCUT2D eigenvalue weighted by Gasteiger charge is 2.30. The third-order valence-electron chi connectivity index (χ3n) is 2.12. The summed E-state index contributed by atoms with van der Waals surface area (Å²) in [7, 11) is 4.12. The van der Waals surface area contributed by atoms with Gasteiger partial charge in [0.2, 0.25) is 0 Å². The van der Waals surface area contributed by atoms with Crippen molar-refractivity contribution in [2.45, 2.75) is 12.8 Å². The van der Waals surface area contributed by atoms with Gasteiger partial charge in [-0.25, -0.2) is 0 Å². The molecule has 10 heavy (non-hydrogen) atoms. The lowest BCUT2D eigenvalue weighted by Gasteiger charge is -2.17. The molecule has 2 nitrogen and oxygen atoms in total. The molecule has 1 aliphatic rings. The predicted octanol–water partition coefficient (Wildman–Crippen LogP) is 0.566. The minimum absolute atomic E-state index is 0.364. The smallest absolute Gasteiger partial charge is 0.0474 e. The second kappa shape index (κ2) is 3.35. The van der Waals surface area contributed by atoms with Crippen LogP contribution in [-0.4, -0.2) is 37.3 Å². The second-order valence-corrected chi connectivity index (χ2v) is 3.54. The van der Waals surface area contributed by atoms with Gasteiger partial charge < -0.3 is 10.0 Å². The zero-order valence-electron chi connectivity index (χ0n) is 6.88. The average molecular weight is 143 g/mol. The van der Waals surface area contributed by atoms with E-state index in [0.29, 0.717) is 12.5 Å². The highest BCUT2D eigenvalue weighted by atomic mass is 16.3. The first-order valence-corrected chi connectivity index (χ1v) is 3.99. The molecular formula is C8H17NO. The third-order valence-corrected chi connectivity index (χ3v) is 2.12. The highest BCUT2D eigenvalue weighted by Crippen LogP contribution is 2.36. The van der Waals surface area contributed by atoms with E-state index in [1.165, 1.54) is 12.8 Å². The molecule has 1 saturated carbocycles. The Morgan fingerprint density at radius 3 is 2.40 bits per heavy atom. The number of aliphatic hydroxyl groups is 1. The molecule has 0 aromatic rings. The molecule has 0 radical (unpaired) electrons. The van der Waals surface area contributed by atoms with Crippen molar-refractivity contribution in [3.8, 4) is 0 Å². The van der Waals surface area contributed by atoms with Crippen LogP contribution in [0.15, 0.2) is 0 Å². The van der Waals surface area contributed by atoms with E-state index in [0.717, 1.165) is 12.5 Å². The Morgan fingerprint density at radius 1 is 1.50 bits per heavy atom. The first kappa shape index (κ1) is 8.02. The molecule has 0 heterocycles. The summed E-state index contributed by atoms with van der Waals surface area (Å²) in [4.78, 5) is 2.15.